The summed E-state index contributed by atoms with van der Waals surface area (Å²) in [4.78, 5) is 11.7. The molecule has 0 saturated carbocycles. The molecule has 0 heterocycles. The van der Waals surface area contributed by atoms with E-state index in [1.807, 2.05) is 6.92 Å². The summed E-state index contributed by atoms with van der Waals surface area (Å²) in [7, 11) is 0. The number of halogens is 2. The number of carbonyl (C=O) groups is 1. The van der Waals surface area contributed by atoms with Crippen LogP contribution in [0, 0.1) is 32.4 Å². The second kappa shape index (κ2) is 7.77. The van der Waals surface area contributed by atoms with Crippen LogP contribution in [-0.2, 0) is 9.53 Å². The van der Waals surface area contributed by atoms with Gasteiger partial charge in [0.2, 0.25) is 0 Å². The lowest BCUT2D eigenvalue weighted by Gasteiger charge is -2.18. The van der Waals surface area contributed by atoms with E-state index >= 15 is 0 Å². The average Bonchev–Trinajstić information content (AvgIpc) is 2.54. The van der Waals surface area contributed by atoms with Crippen molar-refractivity contribution in [2.45, 2.75) is 47.0 Å². The van der Waals surface area contributed by atoms with Crippen molar-refractivity contribution < 1.29 is 18.3 Å². The van der Waals surface area contributed by atoms with Crippen LogP contribution in [-0.4, -0.2) is 12.6 Å². The fraction of sp³-hybridized carbons (Fsp3) is 0.381. The van der Waals surface area contributed by atoms with Gasteiger partial charge in [-0.05, 0) is 85.2 Å². The van der Waals surface area contributed by atoms with Gasteiger partial charge in [-0.15, -0.1) is 0 Å². The Morgan fingerprint density at radius 3 is 2.44 bits per heavy atom. The summed E-state index contributed by atoms with van der Waals surface area (Å²) in [6.45, 7) is 9.14. The highest BCUT2D eigenvalue weighted by molar-refractivity contribution is 5.73. The van der Waals surface area contributed by atoms with E-state index in [1.54, 1.807) is 45.9 Å². The van der Waals surface area contributed by atoms with E-state index in [2.05, 4.69) is 0 Å². The van der Waals surface area contributed by atoms with Crippen molar-refractivity contribution in [3.63, 3.8) is 0 Å². The minimum atomic E-state index is -0.351. The van der Waals surface area contributed by atoms with Crippen molar-refractivity contribution in [1.82, 2.24) is 0 Å². The molecule has 0 aliphatic carbocycles. The Morgan fingerprint density at radius 2 is 1.80 bits per heavy atom. The zero-order chi connectivity index (χ0) is 18.7. The molecule has 4 heteroatoms. The molecule has 0 bridgehead atoms. The molecule has 0 aliphatic heterocycles. The summed E-state index contributed by atoms with van der Waals surface area (Å²) < 4.78 is 33.6. The van der Waals surface area contributed by atoms with Crippen molar-refractivity contribution >= 4 is 5.97 Å². The minimum absolute atomic E-state index is 0.106. The molecule has 25 heavy (non-hydrogen) atoms. The van der Waals surface area contributed by atoms with Gasteiger partial charge in [0.05, 0.1) is 13.0 Å². The molecule has 0 N–H and O–H groups in total. The lowest BCUT2D eigenvalue weighted by atomic mass is 9.88. The van der Waals surface area contributed by atoms with E-state index in [9.17, 15) is 13.6 Å². The summed E-state index contributed by atoms with van der Waals surface area (Å²) >= 11 is 0. The second-order valence-electron chi connectivity index (χ2n) is 6.47. The highest BCUT2D eigenvalue weighted by Crippen LogP contribution is 2.34. The van der Waals surface area contributed by atoms with Crippen molar-refractivity contribution in [1.29, 1.82) is 0 Å². The molecule has 0 radical (unpaired) electrons. The van der Waals surface area contributed by atoms with Gasteiger partial charge in [0.25, 0.3) is 0 Å². The summed E-state index contributed by atoms with van der Waals surface area (Å²) in [6.07, 6.45) is 0.106. The van der Waals surface area contributed by atoms with Gasteiger partial charge in [-0.3, -0.25) is 4.79 Å². The van der Waals surface area contributed by atoms with Crippen molar-refractivity contribution in [3.05, 3.63) is 58.2 Å². The number of carbonyl (C=O) groups excluding carboxylic acids is 1. The Labute approximate surface area is 147 Å². The van der Waals surface area contributed by atoms with Crippen LogP contribution in [0.25, 0.3) is 11.1 Å². The van der Waals surface area contributed by atoms with E-state index in [0.29, 0.717) is 23.3 Å². The van der Waals surface area contributed by atoms with Crippen LogP contribution in [0.15, 0.2) is 24.3 Å². The summed E-state index contributed by atoms with van der Waals surface area (Å²) in [5.41, 5.74) is 3.92. The molecule has 0 aliphatic rings. The first-order valence-corrected chi connectivity index (χ1v) is 8.48. The molecular formula is C21H24F2O2. The first-order valence-electron chi connectivity index (χ1n) is 8.48. The number of rotatable bonds is 5. The molecule has 2 nitrogen and oxygen atoms in total. The SMILES string of the molecule is CCOC(=O)C[C@H](C)c1cc(-c2c(C)ccc(F)c2C)cc(C)c1F. The molecule has 0 saturated heterocycles. The van der Waals surface area contributed by atoms with E-state index in [-0.39, 0.29) is 29.9 Å². The Morgan fingerprint density at radius 1 is 1.12 bits per heavy atom. The normalized spacial score (nSPS) is 12.1. The van der Waals surface area contributed by atoms with Crippen LogP contribution in [0.1, 0.15) is 48.4 Å². The molecule has 2 aromatic rings. The number of hydrogen-bond acceptors (Lipinski definition) is 2. The van der Waals surface area contributed by atoms with Crippen LogP contribution in [0.3, 0.4) is 0 Å². The van der Waals surface area contributed by atoms with Gasteiger partial charge in [-0.25, -0.2) is 8.78 Å². The van der Waals surface area contributed by atoms with Crippen LogP contribution in [0.5, 0.6) is 0 Å². The van der Waals surface area contributed by atoms with E-state index in [0.717, 1.165) is 16.7 Å². The van der Waals surface area contributed by atoms with E-state index < -0.39 is 0 Å². The van der Waals surface area contributed by atoms with Crippen LogP contribution in [0.2, 0.25) is 0 Å². The Balaban J connectivity index is 2.52. The number of ether oxygens (including phenoxy) is 1. The summed E-state index contributed by atoms with van der Waals surface area (Å²) in [5, 5.41) is 0. The molecule has 0 spiro atoms. The second-order valence-corrected chi connectivity index (χ2v) is 6.47. The molecule has 134 valence electrons. The lowest BCUT2D eigenvalue weighted by molar-refractivity contribution is -0.143. The highest BCUT2D eigenvalue weighted by atomic mass is 19.1. The lowest BCUT2D eigenvalue weighted by Crippen LogP contribution is -2.10. The molecule has 0 fully saturated rings. The van der Waals surface area contributed by atoms with Crippen LogP contribution >= 0.6 is 0 Å². The van der Waals surface area contributed by atoms with Crippen molar-refractivity contribution in [2.75, 3.05) is 6.61 Å². The Kier molecular flexibility index (Phi) is 5.93. The van der Waals surface area contributed by atoms with Gasteiger partial charge in [0, 0.05) is 0 Å². The first kappa shape index (κ1) is 19.1. The fourth-order valence-electron chi connectivity index (χ4n) is 3.15. The zero-order valence-electron chi connectivity index (χ0n) is 15.4. The van der Waals surface area contributed by atoms with Crippen molar-refractivity contribution in [2.24, 2.45) is 0 Å². The molecule has 1 atom stereocenters. The Bertz CT molecular complexity index is 797. The third-order valence-electron chi connectivity index (χ3n) is 4.49. The van der Waals surface area contributed by atoms with Crippen molar-refractivity contribution in [3.8, 4) is 11.1 Å². The van der Waals surface area contributed by atoms with Gasteiger partial charge in [0.1, 0.15) is 11.6 Å². The number of benzene rings is 2. The molecule has 0 unspecified atom stereocenters. The first-order chi connectivity index (χ1) is 11.8. The highest BCUT2D eigenvalue weighted by Gasteiger charge is 2.20. The van der Waals surface area contributed by atoms with Crippen LogP contribution < -0.4 is 0 Å². The minimum Gasteiger partial charge on any atom is -0.466 e. The van der Waals surface area contributed by atoms with E-state index in [1.165, 1.54) is 6.07 Å². The van der Waals surface area contributed by atoms with Gasteiger partial charge in [-0.1, -0.05) is 13.0 Å². The number of esters is 1. The number of hydrogen-bond donors (Lipinski definition) is 0. The molecular weight excluding hydrogens is 322 g/mol. The monoisotopic (exact) mass is 346 g/mol. The summed E-state index contributed by atoms with van der Waals surface area (Å²) in [6, 6.07) is 6.61. The molecule has 2 aromatic carbocycles. The quantitative estimate of drug-likeness (QED) is 0.657. The van der Waals surface area contributed by atoms with Crippen LogP contribution in [0.4, 0.5) is 8.78 Å². The molecule has 2 rings (SSSR count). The topological polar surface area (TPSA) is 26.3 Å². The predicted molar refractivity (Wildman–Crippen MR) is 95.7 cm³/mol. The maximum Gasteiger partial charge on any atom is 0.306 e. The maximum atomic E-state index is 14.6. The standard InChI is InChI=1S/C21H24F2O2/c1-6-25-19(24)10-13(3)17-11-16(9-14(4)21(17)23)20-12(2)7-8-18(22)15(20)5/h7-9,11,13H,6,10H2,1-5H3/t13-/m0/s1. The van der Waals surface area contributed by atoms with Gasteiger partial charge < -0.3 is 4.74 Å². The third kappa shape index (κ3) is 4.06. The fourth-order valence-corrected chi connectivity index (χ4v) is 3.15. The molecule has 0 aromatic heterocycles. The third-order valence-corrected chi connectivity index (χ3v) is 4.49. The average molecular weight is 346 g/mol. The van der Waals surface area contributed by atoms with Gasteiger partial charge >= 0.3 is 5.97 Å². The smallest absolute Gasteiger partial charge is 0.306 e. The van der Waals surface area contributed by atoms with Gasteiger partial charge in [-0.2, -0.15) is 0 Å². The molecule has 0 amide bonds. The largest absolute Gasteiger partial charge is 0.466 e. The number of aryl methyl sites for hydroxylation is 2. The van der Waals surface area contributed by atoms with Gasteiger partial charge in [0.15, 0.2) is 0 Å². The zero-order valence-corrected chi connectivity index (χ0v) is 15.4. The van der Waals surface area contributed by atoms with E-state index in [4.69, 9.17) is 4.74 Å². The Hall–Kier alpha value is -2.23. The predicted octanol–water partition coefficient (Wildman–Crippen LogP) is 5.61. The summed E-state index contributed by atoms with van der Waals surface area (Å²) in [5.74, 6) is -1.29. The maximum absolute atomic E-state index is 14.6.